The van der Waals surface area contributed by atoms with Crippen LogP contribution in [0.15, 0.2) is 24.3 Å². The lowest BCUT2D eigenvalue weighted by atomic mass is 9.98. The maximum absolute atomic E-state index is 12.4. The number of phenolic OH excluding ortho intramolecular Hbond substituents is 1. The fourth-order valence-corrected chi connectivity index (χ4v) is 2.69. The molecule has 1 aliphatic rings. The average Bonchev–Trinajstić information content (AvgIpc) is 2.61. The van der Waals surface area contributed by atoms with E-state index in [0.717, 1.165) is 12.0 Å². The molecule has 2 rings (SSSR count). The number of hydrogen-bond donors (Lipinski definition) is 3. The quantitative estimate of drug-likeness (QED) is 0.776. The molecule has 0 bridgehead atoms. The maximum atomic E-state index is 12.4. The first kappa shape index (κ1) is 15.8. The molecular weight excluding hydrogens is 268 g/mol. The van der Waals surface area contributed by atoms with Crippen molar-refractivity contribution in [2.24, 2.45) is 5.73 Å². The molecule has 0 aromatic heterocycles. The number of likely N-dealkylation sites (tertiary alicyclic amines) is 1. The Morgan fingerprint density at radius 1 is 1.33 bits per heavy atom. The zero-order valence-corrected chi connectivity index (χ0v) is 12.5. The second-order valence-electron chi connectivity index (χ2n) is 6.15. The Labute approximate surface area is 125 Å². The van der Waals surface area contributed by atoms with Crippen molar-refractivity contribution in [3.05, 3.63) is 29.8 Å². The molecule has 4 N–H and O–H groups in total. The highest BCUT2D eigenvalue weighted by Crippen LogP contribution is 2.22. The van der Waals surface area contributed by atoms with Gasteiger partial charge in [-0.15, -0.1) is 0 Å². The number of carbonyl (C=O) groups excluding carboxylic acids is 1. The molecule has 1 heterocycles. The molecule has 116 valence electrons. The van der Waals surface area contributed by atoms with Crippen LogP contribution >= 0.6 is 0 Å². The lowest BCUT2D eigenvalue weighted by Gasteiger charge is -2.25. The van der Waals surface area contributed by atoms with Gasteiger partial charge in [-0.2, -0.15) is 0 Å². The van der Waals surface area contributed by atoms with Gasteiger partial charge in [-0.05, 0) is 50.3 Å². The molecule has 2 atom stereocenters. The Hall–Kier alpha value is -1.59. The lowest BCUT2D eigenvalue weighted by molar-refractivity contribution is -0.132. The number of nitrogens with two attached hydrogens (primary N) is 1. The number of benzene rings is 1. The maximum Gasteiger partial charge on any atom is 0.239 e. The van der Waals surface area contributed by atoms with E-state index in [1.165, 1.54) is 0 Å². The minimum Gasteiger partial charge on any atom is -0.508 e. The highest BCUT2D eigenvalue weighted by atomic mass is 16.3. The second-order valence-corrected chi connectivity index (χ2v) is 6.15. The summed E-state index contributed by atoms with van der Waals surface area (Å²) in [7, 11) is 0. The topological polar surface area (TPSA) is 86.8 Å². The summed E-state index contributed by atoms with van der Waals surface area (Å²) in [4.78, 5) is 14.2. The minimum atomic E-state index is -0.684. The van der Waals surface area contributed by atoms with E-state index in [1.807, 2.05) is 6.92 Å². The van der Waals surface area contributed by atoms with Crippen LogP contribution in [0.3, 0.4) is 0 Å². The van der Waals surface area contributed by atoms with Crippen molar-refractivity contribution in [2.45, 2.75) is 44.2 Å². The van der Waals surface area contributed by atoms with Gasteiger partial charge < -0.3 is 20.8 Å². The van der Waals surface area contributed by atoms with Gasteiger partial charge in [-0.1, -0.05) is 12.1 Å². The Kier molecular flexibility index (Phi) is 4.85. The molecule has 0 aliphatic carbocycles. The van der Waals surface area contributed by atoms with Crippen LogP contribution in [-0.4, -0.2) is 45.8 Å². The number of amides is 1. The van der Waals surface area contributed by atoms with E-state index >= 15 is 0 Å². The summed E-state index contributed by atoms with van der Waals surface area (Å²) in [5.74, 6) is 0.133. The number of aromatic hydroxyl groups is 1. The average molecular weight is 292 g/mol. The standard InChI is InChI=1S/C16H24N2O3/c1-16(21)7-2-9-18(10-8-16)15(20)14(17)11-12-3-5-13(19)6-4-12/h3-6,14,19,21H,2,7-11,17H2,1H3. The van der Waals surface area contributed by atoms with Crippen LogP contribution in [0.2, 0.25) is 0 Å². The molecule has 1 amide bonds. The Morgan fingerprint density at radius 2 is 2.00 bits per heavy atom. The summed E-state index contributed by atoms with van der Waals surface area (Å²) < 4.78 is 0. The number of nitrogens with zero attached hydrogens (tertiary/aromatic N) is 1. The number of hydrogen-bond acceptors (Lipinski definition) is 4. The van der Waals surface area contributed by atoms with Crippen molar-refractivity contribution < 1.29 is 15.0 Å². The van der Waals surface area contributed by atoms with Crippen LogP contribution in [0.4, 0.5) is 0 Å². The first-order valence-electron chi connectivity index (χ1n) is 7.42. The third-order valence-electron chi connectivity index (χ3n) is 4.08. The molecule has 1 aromatic rings. The lowest BCUT2D eigenvalue weighted by Crippen LogP contribution is -2.45. The molecule has 5 heteroatoms. The molecule has 1 aliphatic heterocycles. The number of carbonyl (C=O) groups is 1. The first-order valence-corrected chi connectivity index (χ1v) is 7.42. The Bertz CT molecular complexity index is 485. The molecular formula is C16H24N2O3. The van der Waals surface area contributed by atoms with Gasteiger partial charge in [0.05, 0.1) is 11.6 Å². The molecule has 1 aromatic carbocycles. The summed E-state index contributed by atoms with van der Waals surface area (Å²) in [5.41, 5.74) is 6.26. The van der Waals surface area contributed by atoms with Crippen molar-refractivity contribution in [3.8, 4) is 5.75 Å². The number of phenols is 1. The SMILES string of the molecule is CC1(O)CCCN(C(=O)C(N)Cc2ccc(O)cc2)CC1. The van der Waals surface area contributed by atoms with Crippen LogP contribution in [0.5, 0.6) is 5.75 Å². The molecule has 0 spiro atoms. The van der Waals surface area contributed by atoms with Crippen LogP contribution in [-0.2, 0) is 11.2 Å². The highest BCUT2D eigenvalue weighted by Gasteiger charge is 2.29. The highest BCUT2D eigenvalue weighted by molar-refractivity contribution is 5.82. The summed E-state index contributed by atoms with van der Waals surface area (Å²) in [6, 6.07) is 6.15. The molecule has 0 radical (unpaired) electrons. The van der Waals surface area contributed by atoms with Crippen LogP contribution < -0.4 is 5.73 Å². The van der Waals surface area contributed by atoms with Gasteiger partial charge in [0.1, 0.15) is 5.75 Å². The summed E-state index contributed by atoms with van der Waals surface area (Å²) >= 11 is 0. The summed E-state index contributed by atoms with van der Waals surface area (Å²) in [6.07, 6.45) is 2.55. The van der Waals surface area contributed by atoms with Gasteiger partial charge >= 0.3 is 0 Å². The van der Waals surface area contributed by atoms with Crippen molar-refractivity contribution >= 4 is 5.91 Å². The number of rotatable bonds is 3. The second kappa shape index (κ2) is 6.45. The predicted molar refractivity (Wildman–Crippen MR) is 80.8 cm³/mol. The third-order valence-corrected chi connectivity index (χ3v) is 4.08. The Balaban J connectivity index is 1.94. The van der Waals surface area contributed by atoms with Gasteiger partial charge in [0.2, 0.25) is 5.91 Å². The summed E-state index contributed by atoms with van der Waals surface area (Å²) in [6.45, 7) is 3.02. The number of aliphatic hydroxyl groups is 1. The van der Waals surface area contributed by atoms with E-state index in [4.69, 9.17) is 5.73 Å². The van der Waals surface area contributed by atoms with Gasteiger partial charge in [-0.3, -0.25) is 4.79 Å². The molecule has 21 heavy (non-hydrogen) atoms. The molecule has 0 saturated carbocycles. The minimum absolute atomic E-state index is 0.0687. The van der Waals surface area contributed by atoms with Gasteiger partial charge in [-0.25, -0.2) is 0 Å². The zero-order valence-electron chi connectivity index (χ0n) is 12.5. The van der Waals surface area contributed by atoms with Crippen molar-refractivity contribution in [1.82, 2.24) is 4.90 Å². The van der Waals surface area contributed by atoms with E-state index in [2.05, 4.69) is 0 Å². The van der Waals surface area contributed by atoms with Gasteiger partial charge in [0.25, 0.3) is 0 Å². The third kappa shape index (κ3) is 4.44. The smallest absolute Gasteiger partial charge is 0.239 e. The normalized spacial score (nSPS) is 24.4. The van der Waals surface area contributed by atoms with Crippen LogP contribution in [0, 0.1) is 0 Å². The summed E-state index contributed by atoms with van der Waals surface area (Å²) in [5, 5.41) is 19.3. The molecule has 5 nitrogen and oxygen atoms in total. The molecule has 1 fully saturated rings. The van der Waals surface area contributed by atoms with E-state index < -0.39 is 11.6 Å². The molecule has 2 unspecified atom stereocenters. The van der Waals surface area contributed by atoms with Crippen molar-refractivity contribution in [2.75, 3.05) is 13.1 Å². The van der Waals surface area contributed by atoms with E-state index in [9.17, 15) is 15.0 Å². The first-order chi connectivity index (χ1) is 9.87. The van der Waals surface area contributed by atoms with Gasteiger partial charge in [0, 0.05) is 13.1 Å². The van der Waals surface area contributed by atoms with E-state index in [1.54, 1.807) is 29.2 Å². The van der Waals surface area contributed by atoms with E-state index in [0.29, 0.717) is 32.4 Å². The van der Waals surface area contributed by atoms with Crippen LogP contribution in [0.1, 0.15) is 31.7 Å². The largest absolute Gasteiger partial charge is 0.508 e. The van der Waals surface area contributed by atoms with Crippen molar-refractivity contribution in [1.29, 1.82) is 0 Å². The predicted octanol–water partition coefficient (Wildman–Crippen LogP) is 1.03. The monoisotopic (exact) mass is 292 g/mol. The zero-order chi connectivity index (χ0) is 15.5. The van der Waals surface area contributed by atoms with Crippen LogP contribution in [0.25, 0.3) is 0 Å². The van der Waals surface area contributed by atoms with Crippen molar-refractivity contribution in [3.63, 3.8) is 0 Å². The fourth-order valence-electron chi connectivity index (χ4n) is 2.69. The molecule has 1 saturated heterocycles. The van der Waals surface area contributed by atoms with Gasteiger partial charge in [0.15, 0.2) is 0 Å². The Morgan fingerprint density at radius 3 is 2.67 bits per heavy atom. The van der Waals surface area contributed by atoms with E-state index in [-0.39, 0.29) is 11.7 Å². The fraction of sp³-hybridized carbons (Fsp3) is 0.562.